The van der Waals surface area contributed by atoms with E-state index in [1.807, 2.05) is 0 Å². The van der Waals surface area contributed by atoms with E-state index in [1.54, 1.807) is 0 Å². The van der Waals surface area contributed by atoms with Crippen molar-refractivity contribution in [3.8, 4) is 0 Å². The smallest absolute Gasteiger partial charge is 0.0701 e. The third kappa shape index (κ3) is 32.4. The first kappa shape index (κ1) is 33.4. The second-order valence-electron chi connectivity index (χ2n) is 7.36. The van der Waals surface area contributed by atoms with E-state index in [0.717, 1.165) is 32.5 Å². The van der Waals surface area contributed by atoms with Crippen LogP contribution >= 0.6 is 22.6 Å². The number of hydrogen-bond donors (Lipinski definition) is 0. The predicted octanol–water partition coefficient (Wildman–Crippen LogP) is 3.91. The van der Waals surface area contributed by atoms with Crippen molar-refractivity contribution in [3.63, 3.8) is 0 Å². The Morgan fingerprint density at radius 2 is 0.606 bits per heavy atom. The van der Waals surface area contributed by atoms with Gasteiger partial charge in [0.2, 0.25) is 0 Å². The topological polar surface area (TPSA) is 73.8 Å². The van der Waals surface area contributed by atoms with Crippen LogP contribution in [0, 0.1) is 0 Å². The Balaban J connectivity index is 2.99. The Morgan fingerprint density at radius 1 is 0.333 bits per heavy atom. The third-order valence-electron chi connectivity index (χ3n) is 4.42. The molecule has 0 aromatic rings. The van der Waals surface area contributed by atoms with Crippen molar-refractivity contribution >= 4 is 22.6 Å². The van der Waals surface area contributed by atoms with Gasteiger partial charge in [0.1, 0.15) is 0 Å². The molecule has 0 spiro atoms. The van der Waals surface area contributed by atoms with E-state index in [0.29, 0.717) is 92.5 Å². The molecule has 0 saturated heterocycles. The number of unbranched alkanes of at least 4 members (excludes halogenated alkanes) is 4. The molecule has 0 aliphatic carbocycles. The number of hydrogen-bond acceptors (Lipinski definition) is 8. The molecule has 0 rings (SSSR count). The highest BCUT2D eigenvalue weighted by atomic mass is 127. The normalized spacial score (nSPS) is 11.5. The molecular weight excluding hydrogens is 543 g/mol. The zero-order valence-corrected chi connectivity index (χ0v) is 23.1. The number of rotatable bonds is 30. The van der Waals surface area contributed by atoms with Crippen molar-refractivity contribution in [2.45, 2.75) is 45.4 Å². The van der Waals surface area contributed by atoms with E-state index in [4.69, 9.17) is 37.9 Å². The molecule has 0 heterocycles. The molecule has 0 bridgehead atoms. The first-order chi connectivity index (χ1) is 16.4. The van der Waals surface area contributed by atoms with Crippen molar-refractivity contribution in [2.24, 2.45) is 0 Å². The Kier molecular flexibility index (Phi) is 32.8. The molecule has 0 aromatic carbocycles. The van der Waals surface area contributed by atoms with Crippen molar-refractivity contribution in [1.29, 1.82) is 0 Å². The summed E-state index contributed by atoms with van der Waals surface area (Å²) in [4.78, 5) is 0. The summed E-state index contributed by atoms with van der Waals surface area (Å²) in [5.74, 6) is 0. The van der Waals surface area contributed by atoms with Gasteiger partial charge in [-0.15, -0.1) is 0 Å². The van der Waals surface area contributed by atoms with Gasteiger partial charge in [0.15, 0.2) is 0 Å². The molecule has 0 aliphatic rings. The second-order valence-corrected chi connectivity index (χ2v) is 8.43. The van der Waals surface area contributed by atoms with Gasteiger partial charge in [-0.05, 0) is 23.7 Å². The van der Waals surface area contributed by atoms with Gasteiger partial charge in [-0.2, -0.15) is 0 Å². The van der Waals surface area contributed by atoms with Gasteiger partial charge in [0.25, 0.3) is 0 Å². The van der Waals surface area contributed by atoms with Crippen LogP contribution in [0.25, 0.3) is 0 Å². The largest absolute Gasteiger partial charge is 0.379 e. The summed E-state index contributed by atoms with van der Waals surface area (Å²) in [6.45, 7) is 12.0. The van der Waals surface area contributed by atoms with Crippen LogP contribution in [0.15, 0.2) is 0 Å². The molecule has 0 N–H and O–H groups in total. The van der Waals surface area contributed by atoms with Gasteiger partial charge in [-0.25, -0.2) is 0 Å². The Morgan fingerprint density at radius 3 is 0.909 bits per heavy atom. The number of halogens is 1. The lowest BCUT2D eigenvalue weighted by Crippen LogP contribution is -2.15. The number of ether oxygens (including phenoxy) is 8. The van der Waals surface area contributed by atoms with Crippen molar-refractivity contribution in [1.82, 2.24) is 0 Å². The Hall–Kier alpha value is 0.410. The van der Waals surface area contributed by atoms with Crippen LogP contribution in [0.3, 0.4) is 0 Å². The Labute approximate surface area is 215 Å². The van der Waals surface area contributed by atoms with Gasteiger partial charge in [0.05, 0.1) is 92.5 Å². The molecule has 9 heteroatoms. The Bertz CT molecular complexity index is 310. The maximum atomic E-state index is 5.54. The molecule has 200 valence electrons. The lowest BCUT2D eigenvalue weighted by molar-refractivity contribution is -0.0232. The predicted molar refractivity (Wildman–Crippen MR) is 139 cm³/mol. The van der Waals surface area contributed by atoms with E-state index < -0.39 is 0 Å². The molecule has 0 amide bonds. The molecule has 0 fully saturated rings. The first-order valence-corrected chi connectivity index (χ1v) is 14.1. The molecule has 0 unspecified atom stereocenters. The van der Waals surface area contributed by atoms with E-state index in [2.05, 4.69) is 29.5 Å². The van der Waals surface area contributed by atoms with Crippen LogP contribution in [-0.2, 0) is 37.9 Å². The monoisotopic (exact) mass is 592 g/mol. The lowest BCUT2D eigenvalue weighted by Gasteiger charge is -2.08. The maximum absolute atomic E-state index is 5.54. The fraction of sp³-hybridized carbons (Fsp3) is 1.00. The van der Waals surface area contributed by atoms with E-state index in [1.165, 1.54) is 23.7 Å². The minimum absolute atomic E-state index is 0.552. The van der Waals surface area contributed by atoms with Gasteiger partial charge in [-0.1, -0.05) is 48.8 Å². The quantitative estimate of drug-likeness (QED) is 0.0707. The van der Waals surface area contributed by atoms with Crippen LogP contribution in [0.4, 0.5) is 0 Å². The van der Waals surface area contributed by atoms with Crippen LogP contribution in [0.1, 0.15) is 45.4 Å². The molecule has 0 saturated carbocycles. The number of alkyl halides is 1. The van der Waals surface area contributed by atoms with Gasteiger partial charge < -0.3 is 37.9 Å². The van der Waals surface area contributed by atoms with Gasteiger partial charge in [-0.3, -0.25) is 0 Å². The minimum Gasteiger partial charge on any atom is -0.379 e. The summed E-state index contributed by atoms with van der Waals surface area (Å²) in [5, 5.41) is 0. The highest BCUT2D eigenvalue weighted by molar-refractivity contribution is 14.1. The molecule has 0 aromatic heterocycles. The fourth-order valence-corrected chi connectivity index (χ4v) is 3.08. The third-order valence-corrected chi connectivity index (χ3v) is 5.18. The SMILES string of the molecule is CCCCOCCOCCOCCOCCOCCOCCOCCOCCCCCCI. The van der Waals surface area contributed by atoms with Crippen LogP contribution < -0.4 is 0 Å². The molecule has 0 radical (unpaired) electrons. The van der Waals surface area contributed by atoms with E-state index in [9.17, 15) is 0 Å². The van der Waals surface area contributed by atoms with Crippen molar-refractivity contribution in [3.05, 3.63) is 0 Å². The average Bonchev–Trinajstić information content (AvgIpc) is 2.83. The standard InChI is InChI=1S/C24H49IO8/c1-2-3-9-26-11-13-28-15-17-30-19-21-32-23-24-33-22-20-31-18-16-29-14-12-27-10-7-5-4-6-8-25/h2-24H2,1H3. The minimum atomic E-state index is 0.552. The molecular formula is C24H49IO8. The zero-order valence-electron chi connectivity index (χ0n) is 20.9. The average molecular weight is 593 g/mol. The summed E-state index contributed by atoms with van der Waals surface area (Å²) >= 11 is 2.42. The first-order valence-electron chi connectivity index (χ1n) is 12.6. The van der Waals surface area contributed by atoms with E-state index in [-0.39, 0.29) is 0 Å². The summed E-state index contributed by atoms with van der Waals surface area (Å²) in [6, 6.07) is 0. The molecule has 33 heavy (non-hydrogen) atoms. The molecule has 8 nitrogen and oxygen atoms in total. The van der Waals surface area contributed by atoms with Crippen LogP contribution in [0.5, 0.6) is 0 Å². The van der Waals surface area contributed by atoms with Gasteiger partial charge in [0, 0.05) is 13.2 Å². The highest BCUT2D eigenvalue weighted by Gasteiger charge is 1.95. The van der Waals surface area contributed by atoms with Gasteiger partial charge >= 0.3 is 0 Å². The fourth-order valence-electron chi connectivity index (χ4n) is 2.54. The van der Waals surface area contributed by atoms with Crippen LogP contribution in [-0.4, -0.2) is 110 Å². The molecule has 0 aliphatic heterocycles. The lowest BCUT2D eigenvalue weighted by atomic mass is 10.2. The summed E-state index contributed by atoms with van der Waals surface area (Å²) in [7, 11) is 0. The maximum Gasteiger partial charge on any atom is 0.0701 e. The summed E-state index contributed by atoms with van der Waals surface area (Å²) in [5.41, 5.74) is 0. The van der Waals surface area contributed by atoms with Crippen molar-refractivity contribution in [2.75, 3.05) is 110 Å². The summed E-state index contributed by atoms with van der Waals surface area (Å²) in [6.07, 6.45) is 7.27. The highest BCUT2D eigenvalue weighted by Crippen LogP contribution is 2.02. The van der Waals surface area contributed by atoms with E-state index >= 15 is 0 Å². The summed E-state index contributed by atoms with van der Waals surface area (Å²) < 4.78 is 44.9. The van der Waals surface area contributed by atoms with Crippen LogP contribution in [0.2, 0.25) is 0 Å². The molecule has 0 atom stereocenters. The van der Waals surface area contributed by atoms with Crippen molar-refractivity contribution < 1.29 is 37.9 Å². The zero-order chi connectivity index (χ0) is 23.9. The second kappa shape index (κ2) is 32.4.